The lowest BCUT2D eigenvalue weighted by molar-refractivity contribution is -0.487. The first-order valence-corrected chi connectivity index (χ1v) is 4.85. The monoisotopic (exact) mass is 214 g/mol. The van der Waals surface area contributed by atoms with Crippen molar-refractivity contribution in [2.75, 3.05) is 13.1 Å². The molecule has 0 radical (unpaired) electrons. The second kappa shape index (κ2) is 6.16. The molecule has 0 aliphatic rings. The Morgan fingerprint density at radius 3 is 2.40 bits per heavy atom. The van der Waals surface area contributed by atoms with Crippen LogP contribution in [0.2, 0.25) is 0 Å². The second-order valence-electron chi connectivity index (χ2n) is 4.06. The summed E-state index contributed by atoms with van der Waals surface area (Å²) in [5, 5.41) is 10.5. The van der Waals surface area contributed by atoms with Gasteiger partial charge < -0.3 is 4.90 Å². The number of rotatable bonds is 7. The van der Waals surface area contributed by atoms with Gasteiger partial charge in [0.05, 0.1) is 6.04 Å². The SMILES string of the molecule is C=C(C)CN(C=O)C(C[N+](=O)[O-])C(C)C. The van der Waals surface area contributed by atoms with Crippen molar-refractivity contribution in [1.29, 1.82) is 0 Å². The molecule has 0 rings (SSSR count). The number of hydrogen-bond donors (Lipinski definition) is 0. The molecule has 0 aromatic heterocycles. The molecule has 0 saturated heterocycles. The average molecular weight is 214 g/mol. The summed E-state index contributed by atoms with van der Waals surface area (Å²) in [6.45, 7) is 9.37. The van der Waals surface area contributed by atoms with E-state index in [1.54, 1.807) is 6.92 Å². The van der Waals surface area contributed by atoms with Crippen LogP contribution in [0.15, 0.2) is 12.2 Å². The van der Waals surface area contributed by atoms with E-state index in [9.17, 15) is 14.9 Å². The first-order valence-electron chi connectivity index (χ1n) is 4.85. The maximum absolute atomic E-state index is 10.8. The molecule has 0 spiro atoms. The smallest absolute Gasteiger partial charge is 0.224 e. The van der Waals surface area contributed by atoms with Crippen LogP contribution < -0.4 is 0 Å². The Hall–Kier alpha value is -1.39. The molecule has 0 aromatic carbocycles. The van der Waals surface area contributed by atoms with Gasteiger partial charge in [-0.3, -0.25) is 14.9 Å². The zero-order valence-corrected chi connectivity index (χ0v) is 9.47. The lowest BCUT2D eigenvalue weighted by Crippen LogP contribution is -2.43. The van der Waals surface area contributed by atoms with E-state index in [1.165, 1.54) is 4.90 Å². The Kier molecular flexibility index (Phi) is 5.59. The van der Waals surface area contributed by atoms with Crippen LogP contribution in [0.1, 0.15) is 20.8 Å². The van der Waals surface area contributed by atoms with Gasteiger partial charge in [-0.1, -0.05) is 26.0 Å². The molecule has 5 heteroatoms. The summed E-state index contributed by atoms with van der Waals surface area (Å²) in [5.41, 5.74) is 0.816. The minimum atomic E-state index is -0.389. The molecular formula is C10H18N2O3. The molecule has 15 heavy (non-hydrogen) atoms. The largest absolute Gasteiger partial charge is 0.331 e. The first kappa shape index (κ1) is 13.6. The van der Waals surface area contributed by atoms with E-state index in [0.717, 1.165) is 5.57 Å². The van der Waals surface area contributed by atoms with Gasteiger partial charge in [-0.15, -0.1) is 0 Å². The van der Waals surface area contributed by atoms with Crippen LogP contribution >= 0.6 is 0 Å². The summed E-state index contributed by atoms with van der Waals surface area (Å²) in [6, 6.07) is -0.366. The molecule has 0 fully saturated rings. The van der Waals surface area contributed by atoms with Gasteiger partial charge in [0.2, 0.25) is 13.0 Å². The highest BCUT2D eigenvalue weighted by molar-refractivity contribution is 5.48. The van der Waals surface area contributed by atoms with Gasteiger partial charge in [-0.05, 0) is 12.8 Å². The van der Waals surface area contributed by atoms with Gasteiger partial charge in [-0.25, -0.2) is 0 Å². The number of carbonyl (C=O) groups excluding carboxylic acids is 1. The van der Waals surface area contributed by atoms with Crippen LogP contribution in [-0.4, -0.2) is 35.4 Å². The van der Waals surface area contributed by atoms with E-state index in [2.05, 4.69) is 6.58 Å². The van der Waals surface area contributed by atoms with Crippen LogP contribution in [0, 0.1) is 16.0 Å². The molecule has 1 atom stereocenters. The molecule has 86 valence electrons. The van der Waals surface area contributed by atoms with Crippen LogP contribution in [-0.2, 0) is 4.79 Å². The maximum atomic E-state index is 10.8. The zero-order chi connectivity index (χ0) is 12.0. The van der Waals surface area contributed by atoms with Gasteiger partial charge in [0.15, 0.2) is 0 Å². The van der Waals surface area contributed by atoms with Crippen molar-refractivity contribution in [1.82, 2.24) is 4.90 Å². The van der Waals surface area contributed by atoms with E-state index in [4.69, 9.17) is 0 Å². The number of carbonyl (C=O) groups is 1. The minimum Gasteiger partial charge on any atom is -0.331 e. The topological polar surface area (TPSA) is 63.5 Å². The molecule has 5 nitrogen and oxygen atoms in total. The Balaban J connectivity index is 4.61. The van der Waals surface area contributed by atoms with E-state index in [0.29, 0.717) is 13.0 Å². The molecule has 1 amide bonds. The third-order valence-electron chi connectivity index (χ3n) is 2.12. The van der Waals surface area contributed by atoms with Crippen LogP contribution in [0.25, 0.3) is 0 Å². The zero-order valence-electron chi connectivity index (χ0n) is 9.47. The normalized spacial score (nSPS) is 12.3. The molecule has 0 heterocycles. The Morgan fingerprint density at radius 1 is 1.60 bits per heavy atom. The number of amides is 1. The Labute approximate surface area is 89.9 Å². The standard InChI is InChI=1S/C10H18N2O3/c1-8(2)5-11(7-13)10(9(3)4)6-12(14)15/h7,9-10H,1,5-6H2,2-4H3. The summed E-state index contributed by atoms with van der Waals surface area (Å²) < 4.78 is 0. The fraction of sp³-hybridized carbons (Fsp3) is 0.700. The van der Waals surface area contributed by atoms with Crippen LogP contribution in [0.4, 0.5) is 0 Å². The highest BCUT2D eigenvalue weighted by Gasteiger charge is 2.25. The van der Waals surface area contributed by atoms with Crippen molar-refractivity contribution in [3.05, 3.63) is 22.3 Å². The van der Waals surface area contributed by atoms with Gasteiger partial charge in [-0.2, -0.15) is 0 Å². The Morgan fingerprint density at radius 2 is 2.13 bits per heavy atom. The summed E-state index contributed by atoms with van der Waals surface area (Å²) in [7, 11) is 0. The van der Waals surface area contributed by atoms with Crippen molar-refractivity contribution in [3.63, 3.8) is 0 Å². The highest BCUT2D eigenvalue weighted by Crippen LogP contribution is 2.11. The van der Waals surface area contributed by atoms with Gasteiger partial charge in [0, 0.05) is 11.5 Å². The third kappa shape index (κ3) is 5.15. The number of nitro groups is 1. The predicted molar refractivity (Wildman–Crippen MR) is 58.1 cm³/mol. The number of hydrogen-bond acceptors (Lipinski definition) is 3. The summed E-state index contributed by atoms with van der Waals surface area (Å²) >= 11 is 0. The quantitative estimate of drug-likeness (QED) is 0.278. The van der Waals surface area contributed by atoms with Crippen molar-refractivity contribution in [2.24, 2.45) is 5.92 Å². The molecule has 0 aliphatic carbocycles. The van der Waals surface area contributed by atoms with E-state index >= 15 is 0 Å². The lowest BCUT2D eigenvalue weighted by Gasteiger charge is -2.28. The van der Waals surface area contributed by atoms with Gasteiger partial charge in [0.25, 0.3) is 0 Å². The molecule has 1 unspecified atom stereocenters. The molecule has 0 bridgehead atoms. The molecule has 0 aliphatic heterocycles. The van der Waals surface area contributed by atoms with E-state index < -0.39 is 0 Å². The summed E-state index contributed by atoms with van der Waals surface area (Å²) in [5.74, 6) is 0.0555. The molecular weight excluding hydrogens is 196 g/mol. The fourth-order valence-corrected chi connectivity index (χ4v) is 1.40. The van der Waals surface area contributed by atoms with Crippen molar-refractivity contribution in [3.8, 4) is 0 Å². The third-order valence-corrected chi connectivity index (χ3v) is 2.12. The Bertz CT molecular complexity index is 251. The van der Waals surface area contributed by atoms with Gasteiger partial charge >= 0.3 is 0 Å². The van der Waals surface area contributed by atoms with Crippen molar-refractivity contribution >= 4 is 6.41 Å². The molecule has 0 aromatic rings. The molecule has 0 saturated carbocycles. The summed E-state index contributed by atoms with van der Waals surface area (Å²) in [6.07, 6.45) is 0.656. The van der Waals surface area contributed by atoms with Crippen molar-refractivity contribution < 1.29 is 9.72 Å². The van der Waals surface area contributed by atoms with E-state index in [1.807, 2.05) is 13.8 Å². The van der Waals surface area contributed by atoms with Gasteiger partial charge in [0.1, 0.15) is 0 Å². The fourth-order valence-electron chi connectivity index (χ4n) is 1.40. The average Bonchev–Trinajstić information content (AvgIpc) is 2.09. The highest BCUT2D eigenvalue weighted by atomic mass is 16.6. The second-order valence-corrected chi connectivity index (χ2v) is 4.06. The molecule has 0 N–H and O–H groups in total. The van der Waals surface area contributed by atoms with Crippen LogP contribution in [0.5, 0.6) is 0 Å². The first-order chi connectivity index (χ1) is 6.88. The summed E-state index contributed by atoms with van der Waals surface area (Å²) in [4.78, 5) is 22.3. The predicted octanol–water partition coefficient (Wildman–Crippen LogP) is 1.32. The number of nitrogens with zero attached hydrogens (tertiary/aromatic N) is 2. The van der Waals surface area contributed by atoms with Crippen molar-refractivity contribution in [2.45, 2.75) is 26.8 Å². The lowest BCUT2D eigenvalue weighted by atomic mass is 10.0. The maximum Gasteiger partial charge on any atom is 0.224 e. The van der Waals surface area contributed by atoms with Crippen LogP contribution in [0.3, 0.4) is 0 Å². The van der Waals surface area contributed by atoms with E-state index in [-0.39, 0.29) is 23.4 Å². The minimum absolute atomic E-state index is 0.0555.